The van der Waals surface area contributed by atoms with Gasteiger partial charge in [0.2, 0.25) is 10.0 Å². The monoisotopic (exact) mass is 340 g/mol. The molecule has 6 heteroatoms. The summed E-state index contributed by atoms with van der Waals surface area (Å²) in [6.07, 6.45) is 1.54. The van der Waals surface area contributed by atoms with Crippen molar-refractivity contribution in [2.75, 3.05) is 0 Å². The van der Waals surface area contributed by atoms with Crippen molar-refractivity contribution < 1.29 is 12.9 Å². The molecule has 0 amide bonds. The molecule has 3 rings (SSSR count). The maximum absolute atomic E-state index is 12.0. The number of aromatic nitrogens is 1. The summed E-state index contributed by atoms with van der Waals surface area (Å²) in [5.74, 6) is 0.450. The highest BCUT2D eigenvalue weighted by atomic mass is 32.2. The summed E-state index contributed by atoms with van der Waals surface area (Å²) in [5, 5.41) is 5.09. The van der Waals surface area contributed by atoms with Gasteiger partial charge in [0.1, 0.15) is 5.69 Å². The quantitative estimate of drug-likeness (QED) is 0.746. The molecule has 2 aromatic carbocycles. The summed E-state index contributed by atoms with van der Waals surface area (Å²) in [5.41, 5.74) is 2.40. The number of hydrogen-bond acceptors (Lipinski definition) is 4. The van der Waals surface area contributed by atoms with Gasteiger partial charge in [-0.1, -0.05) is 65.8 Å². The third-order valence-corrected chi connectivity index (χ3v) is 4.36. The first-order valence-electron chi connectivity index (χ1n) is 7.36. The van der Waals surface area contributed by atoms with E-state index in [4.69, 9.17) is 4.52 Å². The van der Waals surface area contributed by atoms with E-state index in [1.807, 2.05) is 60.7 Å². The third-order valence-electron chi connectivity index (χ3n) is 3.32. The summed E-state index contributed by atoms with van der Waals surface area (Å²) >= 11 is 0. The molecule has 0 saturated heterocycles. The Balaban J connectivity index is 1.63. The van der Waals surface area contributed by atoms with Crippen LogP contribution in [0.3, 0.4) is 0 Å². The fourth-order valence-electron chi connectivity index (χ4n) is 2.09. The molecule has 24 heavy (non-hydrogen) atoms. The summed E-state index contributed by atoms with van der Waals surface area (Å²) in [6, 6.07) is 20.5. The first-order valence-corrected chi connectivity index (χ1v) is 8.91. The molecule has 122 valence electrons. The van der Waals surface area contributed by atoms with Gasteiger partial charge in [0.05, 0.1) is 6.54 Å². The molecule has 3 aromatic rings. The van der Waals surface area contributed by atoms with Gasteiger partial charge in [-0.2, -0.15) is 0 Å². The predicted molar refractivity (Wildman–Crippen MR) is 93.2 cm³/mol. The van der Waals surface area contributed by atoms with Gasteiger partial charge < -0.3 is 4.52 Å². The van der Waals surface area contributed by atoms with E-state index in [-0.39, 0.29) is 6.54 Å². The zero-order valence-electron chi connectivity index (χ0n) is 12.8. The van der Waals surface area contributed by atoms with Crippen LogP contribution in [0.5, 0.6) is 0 Å². The van der Waals surface area contributed by atoms with Gasteiger partial charge in [-0.05, 0) is 11.6 Å². The van der Waals surface area contributed by atoms with Gasteiger partial charge in [0, 0.05) is 17.0 Å². The zero-order chi connectivity index (χ0) is 16.8. The van der Waals surface area contributed by atoms with Crippen LogP contribution in [0.4, 0.5) is 0 Å². The molecule has 0 saturated carbocycles. The van der Waals surface area contributed by atoms with Crippen molar-refractivity contribution in [3.05, 3.63) is 83.5 Å². The Kier molecular flexibility index (Phi) is 4.88. The second kappa shape index (κ2) is 7.25. The fraction of sp³-hybridized carbons (Fsp3) is 0.0556. The van der Waals surface area contributed by atoms with Crippen LogP contribution in [0.2, 0.25) is 0 Å². The van der Waals surface area contributed by atoms with E-state index in [1.54, 1.807) is 6.07 Å². The Labute approximate surface area is 140 Å². The van der Waals surface area contributed by atoms with Gasteiger partial charge >= 0.3 is 0 Å². The van der Waals surface area contributed by atoms with E-state index in [0.29, 0.717) is 11.5 Å². The highest BCUT2D eigenvalue weighted by Crippen LogP contribution is 2.18. The lowest BCUT2D eigenvalue weighted by Crippen LogP contribution is -2.20. The van der Waals surface area contributed by atoms with Crippen LogP contribution < -0.4 is 4.72 Å². The Morgan fingerprint density at radius 3 is 2.38 bits per heavy atom. The fourth-order valence-corrected chi connectivity index (χ4v) is 2.87. The normalized spacial score (nSPS) is 11.8. The van der Waals surface area contributed by atoms with Crippen molar-refractivity contribution in [3.63, 3.8) is 0 Å². The van der Waals surface area contributed by atoms with E-state index in [9.17, 15) is 8.42 Å². The smallest absolute Gasteiger partial charge is 0.234 e. The molecule has 5 nitrogen and oxygen atoms in total. The van der Waals surface area contributed by atoms with Crippen LogP contribution >= 0.6 is 0 Å². The van der Waals surface area contributed by atoms with Gasteiger partial charge in [0.25, 0.3) is 0 Å². The Morgan fingerprint density at radius 2 is 1.67 bits per heavy atom. The van der Waals surface area contributed by atoms with Crippen molar-refractivity contribution in [2.45, 2.75) is 6.54 Å². The molecule has 0 atom stereocenters. The molecule has 1 heterocycles. The Bertz CT molecular complexity index is 917. The van der Waals surface area contributed by atoms with Crippen molar-refractivity contribution >= 4 is 16.1 Å². The summed E-state index contributed by atoms with van der Waals surface area (Å²) < 4.78 is 31.6. The molecule has 0 spiro atoms. The lowest BCUT2D eigenvalue weighted by atomic mass is 10.1. The van der Waals surface area contributed by atoms with E-state index in [2.05, 4.69) is 9.88 Å². The molecular formula is C18H16N2O3S. The van der Waals surface area contributed by atoms with E-state index < -0.39 is 10.0 Å². The zero-order valence-corrected chi connectivity index (χ0v) is 13.6. The minimum Gasteiger partial charge on any atom is -0.359 e. The standard InChI is InChI=1S/C18H16N2O3S/c21-24(22,12-11-15-7-3-1-4-8-15)19-14-17-13-18(20-23-17)16-9-5-2-6-10-16/h1-13,19H,14H2. The van der Waals surface area contributed by atoms with E-state index in [1.165, 1.54) is 6.08 Å². The first-order chi connectivity index (χ1) is 11.6. The number of benzene rings is 2. The molecule has 1 N–H and O–H groups in total. The summed E-state index contributed by atoms with van der Waals surface area (Å²) in [7, 11) is -3.55. The van der Waals surface area contributed by atoms with Crippen molar-refractivity contribution in [3.8, 4) is 11.3 Å². The SMILES string of the molecule is O=S(=O)(C=Cc1ccccc1)NCc1cc(-c2ccccc2)no1. The lowest BCUT2D eigenvalue weighted by Gasteiger charge is -1.99. The summed E-state index contributed by atoms with van der Waals surface area (Å²) in [4.78, 5) is 0. The van der Waals surface area contributed by atoms with Crippen LogP contribution in [0, 0.1) is 0 Å². The van der Waals surface area contributed by atoms with Crippen molar-refractivity contribution in [1.29, 1.82) is 0 Å². The van der Waals surface area contributed by atoms with Crippen LogP contribution in [-0.4, -0.2) is 13.6 Å². The number of nitrogens with zero attached hydrogens (tertiary/aromatic N) is 1. The molecule has 0 aliphatic heterocycles. The number of rotatable bonds is 6. The van der Waals surface area contributed by atoms with Crippen LogP contribution in [0.1, 0.15) is 11.3 Å². The average molecular weight is 340 g/mol. The predicted octanol–water partition coefficient (Wildman–Crippen LogP) is 3.43. The van der Waals surface area contributed by atoms with Crippen LogP contribution in [0.15, 0.2) is 76.7 Å². The van der Waals surface area contributed by atoms with E-state index in [0.717, 1.165) is 16.5 Å². The number of sulfonamides is 1. The van der Waals surface area contributed by atoms with E-state index >= 15 is 0 Å². The molecule has 0 aliphatic carbocycles. The first kappa shape index (κ1) is 16.2. The van der Waals surface area contributed by atoms with Gasteiger partial charge in [-0.15, -0.1) is 0 Å². The molecule has 0 aliphatic rings. The van der Waals surface area contributed by atoms with Crippen molar-refractivity contribution in [1.82, 2.24) is 9.88 Å². The second-order valence-corrected chi connectivity index (χ2v) is 6.77. The second-order valence-electron chi connectivity index (χ2n) is 5.12. The summed E-state index contributed by atoms with van der Waals surface area (Å²) in [6.45, 7) is 0.0430. The molecule has 0 fully saturated rings. The van der Waals surface area contributed by atoms with Gasteiger partial charge in [-0.3, -0.25) is 0 Å². The molecule has 0 radical (unpaired) electrons. The lowest BCUT2D eigenvalue weighted by molar-refractivity contribution is 0.382. The van der Waals surface area contributed by atoms with Gasteiger partial charge in [-0.25, -0.2) is 13.1 Å². The minimum atomic E-state index is -3.55. The number of hydrogen-bond donors (Lipinski definition) is 1. The highest BCUT2D eigenvalue weighted by molar-refractivity contribution is 7.92. The topological polar surface area (TPSA) is 72.2 Å². The van der Waals surface area contributed by atoms with Crippen LogP contribution in [0.25, 0.3) is 17.3 Å². The third kappa shape index (κ3) is 4.41. The largest absolute Gasteiger partial charge is 0.359 e. The average Bonchev–Trinajstić information content (AvgIpc) is 3.09. The maximum Gasteiger partial charge on any atom is 0.234 e. The Hall–Kier alpha value is -2.70. The molecule has 0 bridgehead atoms. The molecule has 0 unspecified atom stereocenters. The van der Waals surface area contributed by atoms with Crippen LogP contribution in [-0.2, 0) is 16.6 Å². The molecule has 1 aromatic heterocycles. The number of nitrogens with one attached hydrogen (secondary N) is 1. The van der Waals surface area contributed by atoms with Gasteiger partial charge in [0.15, 0.2) is 5.76 Å². The highest BCUT2D eigenvalue weighted by Gasteiger charge is 2.10. The molecular weight excluding hydrogens is 324 g/mol. The van der Waals surface area contributed by atoms with Crippen molar-refractivity contribution in [2.24, 2.45) is 0 Å². The Morgan fingerprint density at radius 1 is 1.00 bits per heavy atom. The maximum atomic E-state index is 12.0. The minimum absolute atomic E-state index is 0.0430.